The number of nitro benzene ring substituents is 1. The first-order valence-corrected chi connectivity index (χ1v) is 7.94. The lowest BCUT2D eigenvalue weighted by Crippen LogP contribution is -2.50. The molecule has 0 spiro atoms. The topological polar surface area (TPSA) is 122 Å². The van der Waals surface area contributed by atoms with Crippen molar-refractivity contribution in [3.63, 3.8) is 0 Å². The fourth-order valence-corrected chi connectivity index (χ4v) is 2.87. The number of carboxylic acid groups (broad SMARTS) is 1. The van der Waals surface area contributed by atoms with E-state index in [4.69, 9.17) is 4.74 Å². The monoisotopic (exact) mass is 351 g/mol. The Balaban J connectivity index is 2.03. The Labute approximate surface area is 144 Å². The van der Waals surface area contributed by atoms with Crippen molar-refractivity contribution in [1.29, 1.82) is 0 Å². The van der Waals surface area contributed by atoms with Crippen LogP contribution >= 0.6 is 0 Å². The van der Waals surface area contributed by atoms with Crippen LogP contribution in [0, 0.1) is 16.0 Å². The number of carboxylic acids is 1. The standard InChI is InChI=1S/C16H21N3O6/c1-18(12-6-2-3-7-13(12)19(23)24)9-14(20)17-15(16(21)22)11-5-4-8-25-10-11/h2-3,6-7,11,15H,4-5,8-10H2,1H3,(H,17,20)(H,21,22). The van der Waals surface area contributed by atoms with Crippen LogP contribution in [-0.2, 0) is 14.3 Å². The number of aliphatic carboxylic acids is 1. The van der Waals surface area contributed by atoms with Crippen LogP contribution in [0.25, 0.3) is 0 Å². The van der Waals surface area contributed by atoms with Crippen molar-refractivity contribution in [2.75, 3.05) is 31.7 Å². The first-order chi connectivity index (χ1) is 11.9. The molecule has 0 saturated carbocycles. The van der Waals surface area contributed by atoms with Gasteiger partial charge >= 0.3 is 5.97 Å². The summed E-state index contributed by atoms with van der Waals surface area (Å²) in [5.41, 5.74) is 0.170. The maximum Gasteiger partial charge on any atom is 0.326 e. The summed E-state index contributed by atoms with van der Waals surface area (Å²) < 4.78 is 5.29. The van der Waals surface area contributed by atoms with Crippen LogP contribution in [0.4, 0.5) is 11.4 Å². The molecular weight excluding hydrogens is 330 g/mol. The van der Waals surface area contributed by atoms with Crippen molar-refractivity contribution in [2.24, 2.45) is 5.92 Å². The van der Waals surface area contributed by atoms with E-state index < -0.39 is 22.8 Å². The molecule has 1 aliphatic rings. The zero-order valence-corrected chi connectivity index (χ0v) is 13.9. The molecule has 1 aromatic rings. The molecule has 0 aliphatic carbocycles. The smallest absolute Gasteiger partial charge is 0.326 e. The molecule has 2 rings (SSSR count). The molecule has 1 amide bonds. The number of carbonyl (C=O) groups excluding carboxylic acids is 1. The van der Waals surface area contributed by atoms with Crippen molar-refractivity contribution in [3.05, 3.63) is 34.4 Å². The molecule has 1 aromatic carbocycles. The molecule has 136 valence electrons. The van der Waals surface area contributed by atoms with E-state index in [0.717, 1.165) is 6.42 Å². The lowest BCUT2D eigenvalue weighted by atomic mass is 9.93. The fraction of sp³-hybridized carbons (Fsp3) is 0.500. The summed E-state index contributed by atoms with van der Waals surface area (Å²) in [6, 6.07) is 5.03. The van der Waals surface area contributed by atoms with Crippen LogP contribution in [0.2, 0.25) is 0 Å². The molecule has 2 N–H and O–H groups in total. The normalized spacial score (nSPS) is 18.2. The van der Waals surface area contributed by atoms with Gasteiger partial charge < -0.3 is 20.1 Å². The molecule has 1 heterocycles. The number of para-hydroxylation sites is 2. The van der Waals surface area contributed by atoms with Gasteiger partial charge in [-0.25, -0.2) is 4.79 Å². The molecule has 2 atom stereocenters. The molecule has 9 heteroatoms. The zero-order valence-electron chi connectivity index (χ0n) is 13.9. The molecule has 0 aromatic heterocycles. The van der Waals surface area contributed by atoms with E-state index in [1.807, 2.05) is 0 Å². The number of benzene rings is 1. The lowest BCUT2D eigenvalue weighted by molar-refractivity contribution is -0.384. The second-order valence-electron chi connectivity index (χ2n) is 5.96. The van der Waals surface area contributed by atoms with Crippen LogP contribution in [0.1, 0.15) is 12.8 Å². The zero-order chi connectivity index (χ0) is 18.4. The van der Waals surface area contributed by atoms with E-state index in [1.165, 1.54) is 17.0 Å². The minimum atomic E-state index is -1.11. The summed E-state index contributed by atoms with van der Waals surface area (Å²) in [6.07, 6.45) is 1.41. The predicted octanol–water partition coefficient (Wildman–Crippen LogP) is 1.03. The van der Waals surface area contributed by atoms with Gasteiger partial charge in [0.15, 0.2) is 0 Å². The molecule has 9 nitrogen and oxygen atoms in total. The van der Waals surface area contributed by atoms with E-state index in [9.17, 15) is 24.8 Å². The minimum absolute atomic E-state index is 0.117. The number of amides is 1. The first kappa shape index (κ1) is 18.7. The number of anilines is 1. The molecule has 25 heavy (non-hydrogen) atoms. The third-order valence-corrected chi connectivity index (χ3v) is 4.12. The highest BCUT2D eigenvalue weighted by Crippen LogP contribution is 2.26. The number of hydrogen-bond acceptors (Lipinski definition) is 6. The summed E-state index contributed by atoms with van der Waals surface area (Å²) in [7, 11) is 1.54. The first-order valence-electron chi connectivity index (χ1n) is 7.94. The Hall–Kier alpha value is -2.68. The lowest BCUT2D eigenvalue weighted by Gasteiger charge is -2.28. The Kier molecular flexibility index (Phi) is 6.29. The molecule has 1 fully saturated rings. The molecule has 0 bridgehead atoms. The van der Waals surface area contributed by atoms with Crippen molar-refractivity contribution in [2.45, 2.75) is 18.9 Å². The number of nitrogens with zero attached hydrogens (tertiary/aromatic N) is 2. The van der Waals surface area contributed by atoms with Crippen molar-refractivity contribution in [1.82, 2.24) is 5.32 Å². The van der Waals surface area contributed by atoms with Gasteiger partial charge in [-0.05, 0) is 18.9 Å². The van der Waals surface area contributed by atoms with Gasteiger partial charge in [0.25, 0.3) is 5.69 Å². The second kappa shape index (κ2) is 8.43. The maximum atomic E-state index is 12.2. The Morgan fingerprint density at radius 3 is 2.80 bits per heavy atom. The van der Waals surface area contributed by atoms with E-state index >= 15 is 0 Å². The highest BCUT2D eigenvalue weighted by Gasteiger charge is 2.31. The summed E-state index contributed by atoms with van der Waals surface area (Å²) in [4.78, 5) is 35.7. The van der Waals surface area contributed by atoms with Crippen molar-refractivity contribution < 1.29 is 24.4 Å². The quantitative estimate of drug-likeness (QED) is 0.555. The van der Waals surface area contributed by atoms with Gasteiger partial charge in [-0.15, -0.1) is 0 Å². The van der Waals surface area contributed by atoms with Gasteiger partial charge in [0.2, 0.25) is 5.91 Å². The molecule has 1 aliphatic heterocycles. The van der Waals surface area contributed by atoms with Gasteiger partial charge in [0, 0.05) is 25.6 Å². The number of carbonyl (C=O) groups is 2. The van der Waals surface area contributed by atoms with E-state index in [0.29, 0.717) is 13.0 Å². The number of hydrogen-bond donors (Lipinski definition) is 2. The number of rotatable bonds is 7. The fourth-order valence-electron chi connectivity index (χ4n) is 2.87. The summed E-state index contributed by atoms with van der Waals surface area (Å²) in [5, 5.41) is 22.9. The number of likely N-dealkylation sites (N-methyl/N-ethyl adjacent to an activating group) is 1. The average Bonchev–Trinajstić information content (AvgIpc) is 2.60. The third-order valence-electron chi connectivity index (χ3n) is 4.12. The Morgan fingerprint density at radius 1 is 1.48 bits per heavy atom. The largest absolute Gasteiger partial charge is 0.480 e. The Bertz CT molecular complexity index is 645. The number of ether oxygens (including phenoxy) is 1. The Morgan fingerprint density at radius 2 is 2.20 bits per heavy atom. The predicted molar refractivity (Wildman–Crippen MR) is 89.5 cm³/mol. The van der Waals surface area contributed by atoms with Gasteiger partial charge in [-0.3, -0.25) is 14.9 Å². The van der Waals surface area contributed by atoms with E-state index in [1.54, 1.807) is 19.2 Å². The van der Waals surface area contributed by atoms with Crippen molar-refractivity contribution >= 4 is 23.3 Å². The molecule has 1 saturated heterocycles. The number of nitro groups is 1. The molecule has 0 radical (unpaired) electrons. The van der Waals surface area contributed by atoms with Crippen LogP contribution in [0.3, 0.4) is 0 Å². The highest BCUT2D eigenvalue weighted by molar-refractivity contribution is 5.87. The number of nitrogens with one attached hydrogen (secondary N) is 1. The summed E-state index contributed by atoms with van der Waals surface area (Å²) in [5.74, 6) is -1.91. The van der Waals surface area contributed by atoms with E-state index in [2.05, 4.69) is 5.32 Å². The van der Waals surface area contributed by atoms with Crippen LogP contribution in [0.5, 0.6) is 0 Å². The van der Waals surface area contributed by atoms with Crippen molar-refractivity contribution in [3.8, 4) is 0 Å². The van der Waals surface area contributed by atoms with Gasteiger partial charge in [0.1, 0.15) is 11.7 Å². The van der Waals surface area contributed by atoms with Gasteiger partial charge in [-0.2, -0.15) is 0 Å². The maximum absolute atomic E-state index is 12.2. The molecule has 2 unspecified atom stereocenters. The van der Waals surface area contributed by atoms with Gasteiger partial charge in [0.05, 0.1) is 18.1 Å². The van der Waals surface area contributed by atoms with Crippen LogP contribution in [-0.4, -0.2) is 54.8 Å². The minimum Gasteiger partial charge on any atom is -0.480 e. The highest BCUT2D eigenvalue weighted by atomic mass is 16.6. The van der Waals surface area contributed by atoms with Crippen LogP contribution in [0.15, 0.2) is 24.3 Å². The van der Waals surface area contributed by atoms with Crippen LogP contribution < -0.4 is 10.2 Å². The van der Waals surface area contributed by atoms with Gasteiger partial charge in [-0.1, -0.05) is 12.1 Å². The average molecular weight is 351 g/mol. The summed E-state index contributed by atoms with van der Waals surface area (Å²) in [6.45, 7) is 0.691. The summed E-state index contributed by atoms with van der Waals surface area (Å²) >= 11 is 0. The molecular formula is C16H21N3O6. The SMILES string of the molecule is CN(CC(=O)NC(C(=O)O)C1CCCOC1)c1ccccc1[N+](=O)[O-]. The van der Waals surface area contributed by atoms with E-state index in [-0.39, 0.29) is 30.4 Å². The third kappa shape index (κ3) is 4.90. The second-order valence-corrected chi connectivity index (χ2v) is 5.96.